The van der Waals surface area contributed by atoms with Crippen molar-refractivity contribution >= 4 is 23.6 Å². The second kappa shape index (κ2) is 13.5. The van der Waals surface area contributed by atoms with Gasteiger partial charge in [0.15, 0.2) is 17.5 Å². The summed E-state index contributed by atoms with van der Waals surface area (Å²) in [6.45, 7) is 0.0105. The number of hydrogen-bond acceptors (Lipinski definition) is 4. The predicted octanol–water partition coefficient (Wildman–Crippen LogP) is 11.0. The van der Waals surface area contributed by atoms with Crippen LogP contribution in [-0.2, 0) is 0 Å². The number of allylic oxidation sites excluding steroid dienone is 2. The van der Waals surface area contributed by atoms with Gasteiger partial charge in [0.1, 0.15) is 0 Å². The maximum Gasteiger partial charge on any atom is 0.320 e. The highest BCUT2D eigenvalue weighted by molar-refractivity contribution is 6.84. The van der Waals surface area contributed by atoms with Crippen LogP contribution in [0.4, 0.5) is 5.69 Å². The van der Waals surface area contributed by atoms with Gasteiger partial charge in [-0.25, -0.2) is 15.0 Å². The monoisotopic (exact) mass is 688 g/mol. The molecule has 0 aliphatic carbocycles. The molecule has 0 saturated heterocycles. The van der Waals surface area contributed by atoms with E-state index < -0.39 is 0 Å². The standard InChI is InChI=1S/C49H33BN4/c1-4-14-34(15-5-1)36-26-28-38(29-27-36)48-51-47(37-18-8-3-9-19-37)52-49(53-48)41-30-31-50-44-24-13-23-42(46(44)43-22-10-11-25-45(43)54(50)33-41)40-21-12-20-39(32-40)35-16-6-2-7-17-35/h1-33H. The molecule has 5 heteroatoms. The Hall–Kier alpha value is -7.11. The summed E-state index contributed by atoms with van der Waals surface area (Å²) in [4.78, 5) is 17.6. The van der Waals surface area contributed by atoms with Crippen molar-refractivity contribution in [1.29, 1.82) is 0 Å². The minimum atomic E-state index is 0.0105. The van der Waals surface area contributed by atoms with Crippen LogP contribution in [0.25, 0.3) is 72.9 Å². The second-order valence-corrected chi connectivity index (χ2v) is 13.6. The molecule has 0 amide bonds. The lowest BCUT2D eigenvalue weighted by Gasteiger charge is -2.38. The lowest BCUT2D eigenvalue weighted by molar-refractivity contribution is 1.04. The van der Waals surface area contributed by atoms with E-state index in [0.29, 0.717) is 17.5 Å². The largest absolute Gasteiger partial charge is 0.382 e. The van der Waals surface area contributed by atoms with Gasteiger partial charge in [0.25, 0.3) is 0 Å². The summed E-state index contributed by atoms with van der Waals surface area (Å²) in [6, 6.07) is 64.0. The van der Waals surface area contributed by atoms with Crippen molar-refractivity contribution in [1.82, 2.24) is 15.0 Å². The molecule has 0 unspecified atom stereocenters. The van der Waals surface area contributed by atoms with Crippen LogP contribution in [-0.4, -0.2) is 21.8 Å². The van der Waals surface area contributed by atoms with E-state index in [9.17, 15) is 0 Å². The van der Waals surface area contributed by atoms with Crippen molar-refractivity contribution in [3.63, 3.8) is 0 Å². The highest BCUT2D eigenvalue weighted by atomic mass is 15.1. The first-order valence-electron chi connectivity index (χ1n) is 18.3. The fourth-order valence-electron chi connectivity index (χ4n) is 7.72. The first kappa shape index (κ1) is 31.6. The van der Waals surface area contributed by atoms with Crippen LogP contribution < -0.4 is 10.3 Å². The molecule has 54 heavy (non-hydrogen) atoms. The molecule has 1 aromatic heterocycles. The van der Waals surface area contributed by atoms with Crippen LogP contribution >= 0.6 is 0 Å². The van der Waals surface area contributed by atoms with Gasteiger partial charge in [0.05, 0.1) is 0 Å². The van der Waals surface area contributed by atoms with E-state index in [2.05, 4.69) is 169 Å². The van der Waals surface area contributed by atoms with Gasteiger partial charge in [-0.15, -0.1) is 0 Å². The number of rotatable bonds is 6. The zero-order valence-electron chi connectivity index (χ0n) is 29.4. The zero-order chi connectivity index (χ0) is 35.8. The molecular formula is C49H33BN4. The second-order valence-electron chi connectivity index (χ2n) is 13.6. The van der Waals surface area contributed by atoms with E-state index in [0.717, 1.165) is 28.0 Å². The summed E-state index contributed by atoms with van der Waals surface area (Å²) in [7, 11) is 0. The topological polar surface area (TPSA) is 41.9 Å². The first-order chi connectivity index (χ1) is 26.8. The van der Waals surface area contributed by atoms with Crippen molar-refractivity contribution < 1.29 is 0 Å². The highest BCUT2D eigenvalue weighted by Gasteiger charge is 2.35. The number of anilines is 1. The number of hydrogen-bond donors (Lipinski definition) is 0. The Morgan fingerprint density at radius 2 is 0.889 bits per heavy atom. The van der Waals surface area contributed by atoms with Crippen LogP contribution in [0, 0.1) is 0 Å². The molecule has 252 valence electrons. The third-order valence-electron chi connectivity index (χ3n) is 10.4. The summed E-state index contributed by atoms with van der Waals surface area (Å²) in [5.41, 5.74) is 14.9. The molecule has 10 rings (SSSR count). The lowest BCUT2D eigenvalue weighted by Crippen LogP contribution is -2.49. The van der Waals surface area contributed by atoms with Crippen LogP contribution in [0.5, 0.6) is 0 Å². The summed E-state index contributed by atoms with van der Waals surface area (Å²) in [5, 5.41) is 0. The van der Waals surface area contributed by atoms with Gasteiger partial charge >= 0.3 is 6.85 Å². The number of nitrogens with zero attached hydrogens (tertiary/aromatic N) is 4. The zero-order valence-corrected chi connectivity index (χ0v) is 29.4. The average Bonchev–Trinajstić information content (AvgIpc) is 3.27. The van der Waals surface area contributed by atoms with Crippen molar-refractivity contribution in [3.05, 3.63) is 206 Å². The van der Waals surface area contributed by atoms with Crippen molar-refractivity contribution in [2.75, 3.05) is 4.81 Å². The molecule has 8 aromatic rings. The summed E-state index contributed by atoms with van der Waals surface area (Å²) in [6.07, 6.45) is 4.38. The molecule has 0 atom stereocenters. The Morgan fingerprint density at radius 1 is 0.389 bits per heavy atom. The SMILES string of the molecule is C1=CC(c2nc(-c3ccccc3)nc(-c3ccc(-c4ccccc4)cc3)n2)=CN2B1c1cccc(-c3cccc(-c4ccccc4)c3)c1-c1ccccc12. The minimum absolute atomic E-state index is 0.0105. The Balaban J connectivity index is 1.06. The van der Waals surface area contributed by atoms with Gasteiger partial charge in [-0.2, -0.15) is 0 Å². The van der Waals surface area contributed by atoms with Crippen LogP contribution in [0.2, 0.25) is 0 Å². The maximum atomic E-state index is 5.11. The van der Waals surface area contributed by atoms with Gasteiger partial charge in [-0.1, -0.05) is 182 Å². The fourth-order valence-corrected chi connectivity index (χ4v) is 7.72. The highest BCUT2D eigenvalue weighted by Crippen LogP contribution is 2.43. The van der Waals surface area contributed by atoms with E-state index >= 15 is 0 Å². The quantitative estimate of drug-likeness (QED) is 0.163. The molecule has 0 bridgehead atoms. The normalized spacial score (nSPS) is 12.8. The lowest BCUT2D eigenvalue weighted by atomic mass is 9.49. The number of fused-ring (bicyclic) bond motifs is 6. The van der Waals surface area contributed by atoms with E-state index in [1.165, 1.54) is 44.4 Å². The molecule has 2 aliphatic heterocycles. The average molecular weight is 689 g/mol. The summed E-state index contributed by atoms with van der Waals surface area (Å²) < 4.78 is 0. The minimum Gasteiger partial charge on any atom is -0.382 e. The number of para-hydroxylation sites is 1. The summed E-state index contributed by atoms with van der Waals surface area (Å²) >= 11 is 0. The maximum absolute atomic E-state index is 5.11. The Bertz CT molecular complexity index is 2710. The van der Waals surface area contributed by atoms with E-state index in [-0.39, 0.29) is 6.85 Å². The molecule has 0 spiro atoms. The third kappa shape index (κ3) is 5.73. The van der Waals surface area contributed by atoms with Crippen LogP contribution in [0.3, 0.4) is 0 Å². The first-order valence-corrected chi connectivity index (χ1v) is 18.3. The third-order valence-corrected chi connectivity index (χ3v) is 10.4. The molecule has 3 heterocycles. The number of benzene rings is 7. The van der Waals surface area contributed by atoms with Gasteiger partial charge in [0.2, 0.25) is 0 Å². The Morgan fingerprint density at radius 3 is 1.61 bits per heavy atom. The molecule has 2 aliphatic rings. The molecule has 7 aromatic carbocycles. The van der Waals surface area contributed by atoms with E-state index in [1.54, 1.807) is 0 Å². The van der Waals surface area contributed by atoms with Crippen LogP contribution in [0.15, 0.2) is 200 Å². The Labute approximate surface area is 315 Å². The van der Waals surface area contributed by atoms with Gasteiger partial charge in [-0.05, 0) is 56.5 Å². The van der Waals surface area contributed by atoms with Crippen molar-refractivity contribution in [2.24, 2.45) is 0 Å². The van der Waals surface area contributed by atoms with Gasteiger partial charge in [-0.3, -0.25) is 0 Å². The van der Waals surface area contributed by atoms with E-state index in [4.69, 9.17) is 15.0 Å². The van der Waals surface area contributed by atoms with Crippen LogP contribution in [0.1, 0.15) is 5.82 Å². The molecular weight excluding hydrogens is 655 g/mol. The summed E-state index contributed by atoms with van der Waals surface area (Å²) in [5.74, 6) is 4.21. The molecule has 0 radical (unpaired) electrons. The van der Waals surface area contributed by atoms with Gasteiger partial charge < -0.3 is 4.81 Å². The fraction of sp³-hybridized carbons (Fsp3) is 0. The number of aromatic nitrogens is 3. The molecule has 0 N–H and O–H groups in total. The molecule has 0 saturated carbocycles. The van der Waals surface area contributed by atoms with Crippen molar-refractivity contribution in [2.45, 2.75) is 0 Å². The molecule has 4 nitrogen and oxygen atoms in total. The molecule has 0 fully saturated rings. The smallest absolute Gasteiger partial charge is 0.320 e. The van der Waals surface area contributed by atoms with Gasteiger partial charge in [0, 0.05) is 34.2 Å². The Kier molecular flexibility index (Phi) is 7.88. The predicted molar refractivity (Wildman–Crippen MR) is 224 cm³/mol. The van der Waals surface area contributed by atoms with Crippen molar-refractivity contribution in [3.8, 4) is 67.3 Å². The van der Waals surface area contributed by atoms with E-state index in [1.807, 2.05) is 36.4 Å².